The molecule has 32 heavy (non-hydrogen) atoms. The van der Waals surface area contributed by atoms with Crippen molar-refractivity contribution in [3.63, 3.8) is 0 Å². The van der Waals surface area contributed by atoms with E-state index in [4.69, 9.17) is 4.74 Å². The lowest BCUT2D eigenvalue weighted by Crippen LogP contribution is -2.45. The molecule has 0 saturated carbocycles. The molecular formula is C25H21NO5S. The van der Waals surface area contributed by atoms with Crippen LogP contribution in [-0.2, 0) is 14.6 Å². The Morgan fingerprint density at radius 3 is 2.53 bits per heavy atom. The van der Waals surface area contributed by atoms with Crippen LogP contribution >= 0.6 is 0 Å². The van der Waals surface area contributed by atoms with E-state index in [1.807, 2.05) is 0 Å². The third-order valence-corrected chi connectivity index (χ3v) is 6.10. The van der Waals surface area contributed by atoms with Crippen LogP contribution < -0.4 is 4.90 Å². The highest BCUT2D eigenvalue weighted by Gasteiger charge is 2.35. The number of Topliss-reactive ketones (excluding diaryl/α,β-unsaturated/α-hetero) is 1. The number of benzene rings is 2. The number of carbonyl (C=O) groups excluding carboxylic acids is 2. The van der Waals surface area contributed by atoms with E-state index in [1.54, 1.807) is 49.4 Å². The zero-order valence-corrected chi connectivity index (χ0v) is 18.3. The minimum Gasteiger partial charge on any atom is -0.449 e. The van der Waals surface area contributed by atoms with Gasteiger partial charge in [0.15, 0.2) is 15.6 Å². The van der Waals surface area contributed by atoms with Crippen molar-refractivity contribution in [2.24, 2.45) is 0 Å². The van der Waals surface area contributed by atoms with E-state index < -0.39 is 22.0 Å². The number of nitrogens with zero attached hydrogens (tertiary/aromatic N) is 1. The zero-order valence-electron chi connectivity index (χ0n) is 17.4. The number of para-hydroxylation sites is 1. The molecule has 1 heterocycles. The Labute approximate surface area is 187 Å². The number of fused-ring (bicyclic) bond motifs is 1. The number of carbonyl (C=O) groups is 2. The molecular weight excluding hydrogens is 426 g/mol. The Hall–Kier alpha value is -3.81. The average Bonchev–Trinajstić information content (AvgIpc) is 2.79. The van der Waals surface area contributed by atoms with Gasteiger partial charge in [-0.2, -0.15) is 0 Å². The highest BCUT2D eigenvalue weighted by molar-refractivity contribution is 7.91. The summed E-state index contributed by atoms with van der Waals surface area (Å²) in [6.45, 7) is 1.91. The predicted molar refractivity (Wildman–Crippen MR) is 122 cm³/mol. The molecule has 1 atom stereocenters. The first-order valence-electron chi connectivity index (χ1n) is 9.94. The van der Waals surface area contributed by atoms with Gasteiger partial charge in [-0.05, 0) is 43.3 Å². The number of sulfone groups is 1. The molecule has 3 rings (SSSR count). The Morgan fingerprint density at radius 2 is 1.78 bits per heavy atom. The van der Waals surface area contributed by atoms with Gasteiger partial charge in [0.05, 0.1) is 17.2 Å². The van der Waals surface area contributed by atoms with Gasteiger partial charge in [-0.1, -0.05) is 54.0 Å². The number of hydrogen-bond acceptors (Lipinski definition) is 5. The van der Waals surface area contributed by atoms with Crippen molar-refractivity contribution in [2.75, 3.05) is 17.3 Å². The summed E-state index contributed by atoms with van der Waals surface area (Å²) >= 11 is 0. The minimum atomic E-state index is -3.47. The average molecular weight is 448 g/mol. The fraction of sp³-hybridized carbons (Fsp3) is 0.200. The number of ketones is 1. The molecule has 2 aromatic carbocycles. The molecule has 1 unspecified atom stereocenters. The third-order valence-electron chi connectivity index (χ3n) is 4.59. The van der Waals surface area contributed by atoms with Gasteiger partial charge in [0.25, 0.3) is 0 Å². The normalized spacial score (nSPS) is 15.2. The summed E-state index contributed by atoms with van der Waals surface area (Å²) < 4.78 is 29.5. The maximum atomic E-state index is 12.5. The fourth-order valence-corrected chi connectivity index (χ4v) is 4.14. The highest BCUT2D eigenvalue weighted by Crippen LogP contribution is 2.31. The van der Waals surface area contributed by atoms with Crippen molar-refractivity contribution in [1.29, 1.82) is 0 Å². The molecule has 0 radical (unpaired) electrons. The SMILES string of the molecule is CCOC(=O)N1c2ccccc2C(=O)CC1C#C/C=C\C#CCS(=O)(=O)c1ccccc1. The lowest BCUT2D eigenvalue weighted by atomic mass is 9.95. The van der Waals surface area contributed by atoms with Gasteiger partial charge >= 0.3 is 6.09 Å². The van der Waals surface area contributed by atoms with Crippen LogP contribution in [0.1, 0.15) is 23.7 Å². The molecule has 162 valence electrons. The quantitative estimate of drug-likeness (QED) is 0.671. The topological polar surface area (TPSA) is 80.8 Å². The van der Waals surface area contributed by atoms with Crippen molar-refractivity contribution in [2.45, 2.75) is 24.3 Å². The van der Waals surface area contributed by atoms with Crippen LogP contribution in [0.4, 0.5) is 10.5 Å². The number of hydrogen-bond donors (Lipinski definition) is 0. The summed E-state index contributed by atoms with van der Waals surface area (Å²) in [5, 5.41) is 0. The molecule has 0 saturated heterocycles. The van der Waals surface area contributed by atoms with Crippen LogP contribution in [0.3, 0.4) is 0 Å². The maximum Gasteiger partial charge on any atom is 0.415 e. The summed E-state index contributed by atoms with van der Waals surface area (Å²) in [5.74, 6) is 10.5. The van der Waals surface area contributed by atoms with Gasteiger partial charge in [0, 0.05) is 12.0 Å². The molecule has 2 aromatic rings. The summed E-state index contributed by atoms with van der Waals surface area (Å²) in [5.41, 5.74) is 0.927. The van der Waals surface area contributed by atoms with Crippen molar-refractivity contribution < 1.29 is 22.7 Å². The number of anilines is 1. The van der Waals surface area contributed by atoms with Gasteiger partial charge in [0.1, 0.15) is 11.8 Å². The highest BCUT2D eigenvalue weighted by atomic mass is 32.2. The first kappa shape index (κ1) is 22.9. The summed E-state index contributed by atoms with van der Waals surface area (Å²) in [7, 11) is -3.47. The number of amides is 1. The molecule has 1 aliphatic heterocycles. The monoisotopic (exact) mass is 447 g/mol. The molecule has 0 spiro atoms. The molecule has 7 heteroatoms. The molecule has 0 aromatic heterocycles. The molecule has 6 nitrogen and oxygen atoms in total. The third kappa shape index (κ3) is 5.46. The fourth-order valence-electron chi connectivity index (χ4n) is 3.13. The van der Waals surface area contributed by atoms with E-state index in [0.717, 1.165) is 0 Å². The predicted octanol–water partition coefficient (Wildman–Crippen LogP) is 3.64. The standard InChI is InChI=1S/C25H21NO5S/c1-2-31-25(28)26-20(19-24(27)22-16-10-11-17-23(22)26)13-7-4-3-5-12-18-32(29,30)21-14-8-6-9-15-21/h3-4,6,8-11,14-17,20H,2,18-19H2,1H3/b4-3-. The Morgan fingerprint density at radius 1 is 1.09 bits per heavy atom. The second-order valence-corrected chi connectivity index (χ2v) is 8.73. The molecule has 0 bridgehead atoms. The van der Waals surface area contributed by atoms with Gasteiger partial charge in [-0.3, -0.25) is 9.69 Å². The second kappa shape index (κ2) is 10.5. The molecule has 1 amide bonds. The smallest absolute Gasteiger partial charge is 0.415 e. The largest absolute Gasteiger partial charge is 0.449 e. The Bertz CT molecular complexity index is 1260. The molecule has 1 aliphatic rings. The molecule has 0 N–H and O–H groups in total. The lowest BCUT2D eigenvalue weighted by Gasteiger charge is -2.32. The van der Waals surface area contributed by atoms with Gasteiger partial charge < -0.3 is 4.74 Å². The van der Waals surface area contributed by atoms with Gasteiger partial charge in [0.2, 0.25) is 0 Å². The van der Waals surface area contributed by atoms with Crippen LogP contribution in [0.5, 0.6) is 0 Å². The van der Waals surface area contributed by atoms with Gasteiger partial charge in [-0.25, -0.2) is 13.2 Å². The van der Waals surface area contributed by atoms with Crippen molar-refractivity contribution in [3.8, 4) is 23.7 Å². The van der Waals surface area contributed by atoms with Crippen molar-refractivity contribution in [3.05, 3.63) is 72.3 Å². The summed E-state index contributed by atoms with van der Waals surface area (Å²) in [6.07, 6.45) is 2.37. The first-order valence-corrected chi connectivity index (χ1v) is 11.6. The maximum absolute atomic E-state index is 12.5. The minimum absolute atomic E-state index is 0.0532. The molecule has 0 aliphatic carbocycles. The zero-order chi connectivity index (χ0) is 23.0. The van der Waals surface area contributed by atoms with E-state index >= 15 is 0 Å². The van der Waals surface area contributed by atoms with E-state index in [9.17, 15) is 18.0 Å². The Kier molecular flexibility index (Phi) is 7.49. The number of rotatable bonds is 3. The lowest BCUT2D eigenvalue weighted by molar-refractivity contribution is 0.0971. The van der Waals surface area contributed by atoms with Crippen LogP contribution in [0.15, 0.2) is 71.6 Å². The van der Waals surface area contributed by atoms with Crippen LogP contribution in [-0.4, -0.2) is 38.7 Å². The van der Waals surface area contributed by atoms with Crippen LogP contribution in [0.2, 0.25) is 0 Å². The van der Waals surface area contributed by atoms with Crippen molar-refractivity contribution in [1.82, 2.24) is 0 Å². The Balaban J connectivity index is 1.72. The first-order chi connectivity index (χ1) is 15.4. The molecule has 0 fully saturated rings. The van der Waals surface area contributed by atoms with E-state index in [1.165, 1.54) is 29.2 Å². The summed E-state index contributed by atoms with van der Waals surface area (Å²) in [6, 6.07) is 14.3. The second-order valence-electron chi connectivity index (χ2n) is 6.74. The van der Waals surface area contributed by atoms with E-state index in [-0.39, 0.29) is 29.5 Å². The van der Waals surface area contributed by atoms with Gasteiger partial charge in [-0.15, -0.1) is 0 Å². The summed E-state index contributed by atoms with van der Waals surface area (Å²) in [4.78, 5) is 26.6. The van der Waals surface area contributed by atoms with Crippen LogP contribution in [0.25, 0.3) is 0 Å². The number of allylic oxidation sites excluding steroid dienone is 2. The van der Waals surface area contributed by atoms with E-state index in [0.29, 0.717) is 11.3 Å². The van der Waals surface area contributed by atoms with E-state index in [2.05, 4.69) is 23.7 Å². The van der Waals surface area contributed by atoms with Crippen LogP contribution in [0, 0.1) is 23.7 Å². The van der Waals surface area contributed by atoms with Crippen molar-refractivity contribution >= 4 is 27.4 Å². The number of ether oxygens (including phenoxy) is 1.